The molecule has 4 nitrogen and oxygen atoms in total. The van der Waals surface area contributed by atoms with Crippen molar-refractivity contribution in [2.45, 2.75) is 25.2 Å². The normalized spacial score (nSPS) is 11.3. The Hall–Kier alpha value is -1.57. The molecule has 1 heterocycles. The number of aromatic nitrogens is 2. The summed E-state index contributed by atoms with van der Waals surface area (Å²) in [5.41, 5.74) is -0.174. The van der Waals surface area contributed by atoms with Gasteiger partial charge in [-0.05, 0) is 19.9 Å². The van der Waals surface area contributed by atoms with Gasteiger partial charge in [-0.15, -0.1) is 0 Å². The van der Waals surface area contributed by atoms with Gasteiger partial charge in [0.05, 0.1) is 5.75 Å². The van der Waals surface area contributed by atoms with Crippen LogP contribution in [0, 0.1) is 0 Å². The second-order valence-electron chi connectivity index (χ2n) is 4.38. The fraction of sp³-hybridized carbons (Fsp3) is 0.462. The number of carbonyl (C=O) groups is 1. The average molecular weight is 319 g/mol. The van der Waals surface area contributed by atoms with Crippen LogP contribution in [0.3, 0.4) is 0 Å². The first-order valence-corrected chi connectivity index (χ1v) is 7.17. The predicted molar refractivity (Wildman–Crippen MR) is 74.8 cm³/mol. The van der Waals surface area contributed by atoms with Gasteiger partial charge >= 0.3 is 6.18 Å². The molecule has 0 radical (unpaired) electrons. The summed E-state index contributed by atoms with van der Waals surface area (Å²) >= 11 is 0.886. The van der Waals surface area contributed by atoms with Gasteiger partial charge in [-0.1, -0.05) is 23.9 Å². The van der Waals surface area contributed by atoms with Gasteiger partial charge in [0, 0.05) is 19.3 Å². The lowest BCUT2D eigenvalue weighted by Crippen LogP contribution is -2.33. The molecule has 1 amide bonds. The third-order valence-corrected chi connectivity index (χ3v) is 3.29. The summed E-state index contributed by atoms with van der Waals surface area (Å²) in [6.07, 6.45) is -3.48. The topological polar surface area (TPSA) is 46.1 Å². The number of hydrogen-bond donors (Lipinski definition) is 0. The summed E-state index contributed by atoms with van der Waals surface area (Å²) in [6, 6.07) is 0.797. The number of halogens is 3. The first-order valence-electron chi connectivity index (χ1n) is 6.19. The second kappa shape index (κ2) is 7.44. The van der Waals surface area contributed by atoms with Crippen molar-refractivity contribution in [2.24, 2.45) is 0 Å². The Morgan fingerprint density at radius 3 is 2.67 bits per heavy atom. The van der Waals surface area contributed by atoms with Crippen molar-refractivity contribution in [2.75, 3.05) is 18.8 Å². The van der Waals surface area contributed by atoms with E-state index in [0.29, 0.717) is 13.1 Å². The number of alkyl halides is 3. The Bertz CT molecular complexity index is 520. The zero-order valence-electron chi connectivity index (χ0n) is 11.8. The van der Waals surface area contributed by atoms with Gasteiger partial charge in [0.15, 0.2) is 5.16 Å². The maximum absolute atomic E-state index is 12.5. The predicted octanol–water partition coefficient (Wildman–Crippen LogP) is 3.01. The molecule has 0 bridgehead atoms. The maximum atomic E-state index is 12.5. The van der Waals surface area contributed by atoms with Crippen LogP contribution in [-0.2, 0) is 11.0 Å². The zero-order chi connectivity index (χ0) is 16.0. The lowest BCUT2D eigenvalue weighted by molar-refractivity contribution is -0.141. The number of nitrogens with zero attached hydrogens (tertiary/aromatic N) is 3. The standard InChI is InChI=1S/C13H16F3N3OS/c1-4-19(7-9(2)3)11(20)8-21-12-17-6-5-10(18-12)13(14,15)16/h5-6H,2,4,7-8H2,1,3H3. The largest absolute Gasteiger partial charge is 0.433 e. The van der Waals surface area contributed by atoms with E-state index in [1.165, 1.54) is 0 Å². The Morgan fingerprint density at radius 1 is 1.48 bits per heavy atom. The highest BCUT2D eigenvalue weighted by Crippen LogP contribution is 2.28. The van der Waals surface area contributed by atoms with Crippen LogP contribution in [0.5, 0.6) is 0 Å². The van der Waals surface area contributed by atoms with Crippen molar-refractivity contribution in [3.63, 3.8) is 0 Å². The van der Waals surface area contributed by atoms with Gasteiger partial charge in [0.2, 0.25) is 5.91 Å². The van der Waals surface area contributed by atoms with Crippen molar-refractivity contribution in [1.82, 2.24) is 14.9 Å². The minimum atomic E-state index is -4.52. The molecule has 0 aromatic carbocycles. The third-order valence-electron chi connectivity index (χ3n) is 2.44. The molecule has 0 unspecified atom stereocenters. The molecule has 0 fully saturated rings. The number of rotatable bonds is 6. The molecule has 0 saturated heterocycles. The van der Waals surface area contributed by atoms with Gasteiger partial charge in [-0.3, -0.25) is 4.79 Å². The van der Waals surface area contributed by atoms with E-state index in [0.717, 1.165) is 29.6 Å². The van der Waals surface area contributed by atoms with Crippen LogP contribution in [-0.4, -0.2) is 39.6 Å². The monoisotopic (exact) mass is 319 g/mol. The third kappa shape index (κ3) is 5.74. The van der Waals surface area contributed by atoms with Crippen molar-refractivity contribution >= 4 is 17.7 Å². The molecule has 21 heavy (non-hydrogen) atoms. The van der Waals surface area contributed by atoms with Crippen molar-refractivity contribution in [1.29, 1.82) is 0 Å². The Balaban J connectivity index is 2.66. The number of hydrogen-bond acceptors (Lipinski definition) is 4. The number of thioether (sulfide) groups is 1. The van der Waals surface area contributed by atoms with E-state index in [4.69, 9.17) is 0 Å². The van der Waals surface area contributed by atoms with Gasteiger partial charge in [-0.25, -0.2) is 9.97 Å². The van der Waals surface area contributed by atoms with E-state index in [1.54, 1.807) is 11.8 Å². The first kappa shape index (κ1) is 17.5. The number of amides is 1. The Morgan fingerprint density at radius 2 is 2.14 bits per heavy atom. The Labute approximate surface area is 125 Å². The Kier molecular flexibility index (Phi) is 6.19. The highest BCUT2D eigenvalue weighted by Gasteiger charge is 2.32. The smallest absolute Gasteiger partial charge is 0.338 e. The van der Waals surface area contributed by atoms with Crippen molar-refractivity contribution in [3.05, 3.63) is 30.1 Å². The zero-order valence-corrected chi connectivity index (χ0v) is 12.6. The molecule has 0 atom stereocenters. The van der Waals surface area contributed by atoms with Crippen LogP contribution in [0.25, 0.3) is 0 Å². The summed E-state index contributed by atoms with van der Waals surface area (Å²) in [6.45, 7) is 8.30. The molecule has 1 rings (SSSR count). The summed E-state index contributed by atoms with van der Waals surface area (Å²) in [7, 11) is 0. The van der Waals surface area contributed by atoms with Crippen molar-refractivity contribution < 1.29 is 18.0 Å². The number of likely N-dealkylation sites (N-methyl/N-ethyl adjacent to an activating group) is 1. The minimum absolute atomic E-state index is 0.0115. The highest BCUT2D eigenvalue weighted by atomic mass is 32.2. The van der Waals surface area contributed by atoms with Gasteiger partial charge in [0.25, 0.3) is 0 Å². The summed E-state index contributed by atoms with van der Waals surface area (Å²) in [5.74, 6) is -0.200. The van der Waals surface area contributed by atoms with E-state index >= 15 is 0 Å². The molecule has 0 aliphatic rings. The molecular formula is C13H16F3N3OS. The number of carbonyl (C=O) groups excluding carboxylic acids is 1. The lowest BCUT2D eigenvalue weighted by Gasteiger charge is -2.20. The van der Waals surface area contributed by atoms with Crippen LogP contribution in [0.1, 0.15) is 19.5 Å². The quantitative estimate of drug-likeness (QED) is 0.459. The molecule has 8 heteroatoms. The van der Waals surface area contributed by atoms with E-state index in [1.807, 2.05) is 6.92 Å². The van der Waals surface area contributed by atoms with E-state index < -0.39 is 11.9 Å². The molecule has 1 aromatic rings. The van der Waals surface area contributed by atoms with Crippen LogP contribution in [0.15, 0.2) is 29.6 Å². The van der Waals surface area contributed by atoms with Crippen LogP contribution in [0.2, 0.25) is 0 Å². The van der Waals surface area contributed by atoms with Gasteiger partial charge in [0.1, 0.15) is 5.69 Å². The lowest BCUT2D eigenvalue weighted by atomic mass is 10.3. The average Bonchev–Trinajstić information content (AvgIpc) is 2.41. The molecule has 0 N–H and O–H groups in total. The fourth-order valence-electron chi connectivity index (χ4n) is 1.49. The molecular weight excluding hydrogens is 303 g/mol. The van der Waals surface area contributed by atoms with E-state index in [2.05, 4.69) is 16.5 Å². The molecule has 0 aliphatic carbocycles. The molecule has 116 valence electrons. The molecule has 0 saturated carbocycles. The SMILES string of the molecule is C=C(C)CN(CC)C(=O)CSc1nccc(C(F)(F)F)n1. The second-order valence-corrected chi connectivity index (χ2v) is 5.32. The fourth-order valence-corrected chi connectivity index (χ4v) is 2.22. The highest BCUT2D eigenvalue weighted by molar-refractivity contribution is 7.99. The van der Waals surface area contributed by atoms with Crippen LogP contribution < -0.4 is 0 Å². The maximum Gasteiger partial charge on any atom is 0.433 e. The first-order chi connectivity index (χ1) is 9.74. The summed E-state index contributed by atoms with van der Waals surface area (Å²) < 4.78 is 37.5. The van der Waals surface area contributed by atoms with Crippen molar-refractivity contribution in [3.8, 4) is 0 Å². The molecule has 0 aliphatic heterocycles. The van der Waals surface area contributed by atoms with Gasteiger partial charge in [-0.2, -0.15) is 13.2 Å². The van der Waals surface area contributed by atoms with Crippen LogP contribution >= 0.6 is 11.8 Å². The minimum Gasteiger partial charge on any atom is -0.338 e. The van der Waals surface area contributed by atoms with E-state index in [9.17, 15) is 18.0 Å². The molecule has 1 aromatic heterocycles. The van der Waals surface area contributed by atoms with Gasteiger partial charge < -0.3 is 4.90 Å². The summed E-state index contributed by atoms with van der Waals surface area (Å²) in [4.78, 5) is 20.7. The van der Waals surface area contributed by atoms with Crippen LogP contribution in [0.4, 0.5) is 13.2 Å². The summed E-state index contributed by atoms with van der Waals surface area (Å²) in [5, 5.41) is -0.0652. The van der Waals surface area contributed by atoms with E-state index in [-0.39, 0.29) is 16.8 Å². The molecule has 0 spiro atoms.